The minimum atomic E-state index is 0.200. The molecule has 0 aliphatic carbocycles. The fourth-order valence-corrected chi connectivity index (χ4v) is 3.77. The number of ketones is 1. The summed E-state index contributed by atoms with van der Waals surface area (Å²) >= 11 is 4.91. The molecule has 0 amide bonds. The molecule has 1 aliphatic rings. The first-order valence-corrected chi connectivity index (χ1v) is 7.86. The summed E-state index contributed by atoms with van der Waals surface area (Å²) in [7, 11) is 2.02. The maximum Gasteiger partial charge on any atom is 0.187 e. The monoisotopic (exact) mass is 331 g/mol. The molecule has 1 aromatic heterocycles. The summed E-state index contributed by atoms with van der Waals surface area (Å²) in [5.41, 5.74) is 0. The van der Waals surface area contributed by atoms with Crippen LogP contribution in [0.25, 0.3) is 0 Å². The number of nitrogens with zero attached hydrogens (tertiary/aromatic N) is 1. The Morgan fingerprint density at radius 3 is 2.89 bits per heavy atom. The van der Waals surface area contributed by atoms with Gasteiger partial charge in [0.05, 0.1) is 11.4 Å². The third kappa shape index (κ3) is 3.88. The Morgan fingerprint density at radius 1 is 1.56 bits per heavy atom. The van der Waals surface area contributed by atoms with E-state index in [1.807, 2.05) is 18.5 Å². The van der Waals surface area contributed by atoms with Gasteiger partial charge in [-0.15, -0.1) is 11.3 Å². The number of carbonyl (C=O) groups is 1. The highest BCUT2D eigenvalue weighted by Gasteiger charge is 2.18. The summed E-state index contributed by atoms with van der Waals surface area (Å²) in [5.74, 6) is 0.870. The van der Waals surface area contributed by atoms with Crippen molar-refractivity contribution in [1.29, 1.82) is 0 Å². The van der Waals surface area contributed by atoms with Crippen LogP contribution in [0, 0.1) is 5.92 Å². The van der Waals surface area contributed by atoms with E-state index in [-0.39, 0.29) is 5.78 Å². The molecule has 0 unspecified atom stereocenters. The zero-order valence-corrected chi connectivity index (χ0v) is 12.9. The second kappa shape index (κ2) is 6.80. The number of rotatable bonds is 5. The molecule has 1 aromatic rings. The molecule has 18 heavy (non-hydrogen) atoms. The van der Waals surface area contributed by atoms with Crippen molar-refractivity contribution in [3.63, 3.8) is 0 Å². The van der Waals surface area contributed by atoms with Gasteiger partial charge in [0.25, 0.3) is 0 Å². The fraction of sp³-hybridized carbons (Fsp3) is 0.615. The lowest BCUT2D eigenvalue weighted by Crippen LogP contribution is -2.33. The van der Waals surface area contributed by atoms with E-state index in [1.165, 1.54) is 11.3 Å². The van der Waals surface area contributed by atoms with Gasteiger partial charge in [-0.2, -0.15) is 0 Å². The number of hydrogen-bond acceptors (Lipinski definition) is 4. The third-order valence-corrected chi connectivity index (χ3v) is 5.07. The normalized spacial score (nSPS) is 17.3. The Morgan fingerprint density at radius 2 is 2.28 bits per heavy atom. The van der Waals surface area contributed by atoms with E-state index in [0.717, 1.165) is 42.0 Å². The zero-order chi connectivity index (χ0) is 13.0. The van der Waals surface area contributed by atoms with E-state index < -0.39 is 0 Å². The van der Waals surface area contributed by atoms with Gasteiger partial charge >= 0.3 is 0 Å². The van der Waals surface area contributed by atoms with Gasteiger partial charge < -0.3 is 4.74 Å². The zero-order valence-electron chi connectivity index (χ0n) is 10.5. The van der Waals surface area contributed by atoms with Crippen LogP contribution < -0.4 is 0 Å². The number of ether oxygens (including phenoxy) is 1. The summed E-state index contributed by atoms with van der Waals surface area (Å²) < 4.78 is 6.26. The molecular formula is C13H18BrNO2S. The van der Waals surface area contributed by atoms with Crippen molar-refractivity contribution in [2.24, 2.45) is 5.92 Å². The van der Waals surface area contributed by atoms with E-state index in [9.17, 15) is 4.79 Å². The number of hydrogen-bond donors (Lipinski definition) is 0. The van der Waals surface area contributed by atoms with E-state index in [4.69, 9.17) is 4.74 Å². The summed E-state index contributed by atoms with van der Waals surface area (Å²) in [6, 6.07) is 1.93. The summed E-state index contributed by atoms with van der Waals surface area (Å²) in [5, 5.41) is 1.94. The molecule has 100 valence electrons. The maximum absolute atomic E-state index is 12.1. The van der Waals surface area contributed by atoms with Crippen molar-refractivity contribution in [3.8, 4) is 0 Å². The predicted octanol–water partition coefficient (Wildman–Crippen LogP) is 3.05. The van der Waals surface area contributed by atoms with Crippen molar-refractivity contribution < 1.29 is 9.53 Å². The van der Waals surface area contributed by atoms with Gasteiger partial charge in [0, 0.05) is 24.2 Å². The number of Topliss-reactive ketones (excluding diaryl/α,β-unsaturated/α-hetero) is 1. The van der Waals surface area contributed by atoms with E-state index in [0.29, 0.717) is 12.5 Å². The van der Waals surface area contributed by atoms with E-state index >= 15 is 0 Å². The summed E-state index contributed by atoms with van der Waals surface area (Å²) in [6.07, 6.45) is 2.22. The molecule has 2 rings (SSSR count). The van der Waals surface area contributed by atoms with Gasteiger partial charge in [-0.1, -0.05) is 0 Å². The number of likely N-dealkylation sites (N-methyl/N-ethyl adjacent to an activating group) is 1. The number of thiophene rings is 1. The molecule has 0 bridgehead atoms. The molecule has 0 aromatic carbocycles. The smallest absolute Gasteiger partial charge is 0.187 e. The molecule has 0 spiro atoms. The molecule has 1 aliphatic heterocycles. The first-order chi connectivity index (χ1) is 8.66. The van der Waals surface area contributed by atoms with Crippen molar-refractivity contribution in [2.45, 2.75) is 12.8 Å². The highest BCUT2D eigenvalue weighted by Crippen LogP contribution is 2.23. The third-order valence-electron chi connectivity index (χ3n) is 3.19. The molecule has 2 heterocycles. The second-order valence-corrected chi connectivity index (χ2v) is 6.54. The number of halogens is 1. The van der Waals surface area contributed by atoms with Crippen LogP contribution in [0.2, 0.25) is 0 Å². The molecule has 1 fully saturated rings. The van der Waals surface area contributed by atoms with Gasteiger partial charge in [-0.25, -0.2) is 0 Å². The average molecular weight is 332 g/mol. The molecule has 0 radical (unpaired) electrons. The standard InChI is InChI=1S/C13H18BrNO2S/c1-15(8-10-2-5-17-6-3-10)9-12(16)13-11(14)4-7-18-13/h4,7,10H,2-3,5-6,8-9H2,1H3. The Labute approximate surface area is 120 Å². The van der Waals surface area contributed by atoms with Gasteiger partial charge in [-0.3, -0.25) is 9.69 Å². The number of carbonyl (C=O) groups excluding carboxylic acids is 1. The van der Waals surface area contributed by atoms with Crippen LogP contribution in [0.4, 0.5) is 0 Å². The molecule has 5 heteroatoms. The van der Waals surface area contributed by atoms with Crippen molar-refractivity contribution in [3.05, 3.63) is 20.8 Å². The minimum Gasteiger partial charge on any atom is -0.381 e. The summed E-state index contributed by atoms with van der Waals surface area (Å²) in [6.45, 7) is 3.21. The van der Waals surface area contributed by atoms with Gasteiger partial charge in [0.15, 0.2) is 5.78 Å². The van der Waals surface area contributed by atoms with Crippen LogP contribution in [-0.2, 0) is 4.74 Å². The van der Waals surface area contributed by atoms with Crippen molar-refractivity contribution >= 4 is 33.0 Å². The van der Waals surface area contributed by atoms with Gasteiger partial charge in [0.1, 0.15) is 0 Å². The first kappa shape index (κ1) is 14.2. The summed E-state index contributed by atoms with van der Waals surface area (Å²) in [4.78, 5) is 15.0. The predicted molar refractivity (Wildman–Crippen MR) is 77.4 cm³/mol. The highest BCUT2D eigenvalue weighted by molar-refractivity contribution is 9.10. The molecule has 1 saturated heterocycles. The Kier molecular flexibility index (Phi) is 5.36. The fourth-order valence-electron chi connectivity index (χ4n) is 2.24. The quantitative estimate of drug-likeness (QED) is 0.776. The lowest BCUT2D eigenvalue weighted by Gasteiger charge is -2.26. The van der Waals surface area contributed by atoms with Crippen LogP contribution in [0.15, 0.2) is 15.9 Å². The Balaban J connectivity index is 1.81. The van der Waals surface area contributed by atoms with E-state index in [2.05, 4.69) is 20.8 Å². The van der Waals surface area contributed by atoms with Crippen molar-refractivity contribution in [2.75, 3.05) is 33.4 Å². The molecule has 3 nitrogen and oxygen atoms in total. The van der Waals surface area contributed by atoms with Crippen LogP contribution in [-0.4, -0.2) is 44.0 Å². The average Bonchev–Trinajstić information content (AvgIpc) is 2.76. The molecule has 0 atom stereocenters. The minimum absolute atomic E-state index is 0.200. The topological polar surface area (TPSA) is 29.5 Å². The van der Waals surface area contributed by atoms with E-state index in [1.54, 1.807) is 0 Å². The Hall–Kier alpha value is -0.230. The van der Waals surface area contributed by atoms with Crippen LogP contribution in [0.5, 0.6) is 0 Å². The van der Waals surface area contributed by atoms with Gasteiger partial charge in [-0.05, 0) is 53.2 Å². The van der Waals surface area contributed by atoms with Crippen LogP contribution in [0.3, 0.4) is 0 Å². The second-order valence-electron chi connectivity index (χ2n) is 4.77. The molecule has 0 saturated carbocycles. The molecular weight excluding hydrogens is 314 g/mol. The maximum atomic E-state index is 12.1. The highest BCUT2D eigenvalue weighted by atomic mass is 79.9. The van der Waals surface area contributed by atoms with Crippen molar-refractivity contribution in [1.82, 2.24) is 4.90 Å². The van der Waals surface area contributed by atoms with Crippen LogP contribution in [0.1, 0.15) is 22.5 Å². The SMILES string of the molecule is CN(CC(=O)c1sccc1Br)CC1CCOCC1. The largest absolute Gasteiger partial charge is 0.381 e. The Bertz CT molecular complexity index is 401. The van der Waals surface area contributed by atoms with Gasteiger partial charge in [0.2, 0.25) is 0 Å². The molecule has 0 N–H and O–H groups in total. The lowest BCUT2D eigenvalue weighted by atomic mass is 10.00. The first-order valence-electron chi connectivity index (χ1n) is 6.19. The van der Waals surface area contributed by atoms with Crippen LogP contribution >= 0.6 is 27.3 Å². The lowest BCUT2D eigenvalue weighted by molar-refractivity contribution is 0.0550.